The fourth-order valence-electron chi connectivity index (χ4n) is 0.420. The fourth-order valence-corrected chi connectivity index (χ4v) is 0.420. The van der Waals surface area contributed by atoms with E-state index in [1.807, 2.05) is 10.1 Å². The van der Waals surface area contributed by atoms with Crippen LogP contribution in [-0.4, -0.2) is 21.2 Å². The van der Waals surface area contributed by atoms with E-state index in [9.17, 15) is 14.4 Å². The Hall–Kier alpha value is -1.59. The van der Waals surface area contributed by atoms with Crippen LogP contribution in [0.4, 0.5) is 0 Å². The standard InChI is InChI=1S/C3H3N3O3/c7-1-6-3(9)4-2(8)5-6/h1H,(H2,4,5,8,9). The largest absolute Gasteiger partial charge is 0.351 e. The van der Waals surface area contributed by atoms with E-state index >= 15 is 0 Å². The van der Waals surface area contributed by atoms with Gasteiger partial charge in [-0.1, -0.05) is 0 Å². The van der Waals surface area contributed by atoms with Gasteiger partial charge in [-0.25, -0.2) is 14.7 Å². The van der Waals surface area contributed by atoms with Crippen molar-refractivity contribution in [3.8, 4) is 0 Å². The van der Waals surface area contributed by atoms with Crippen molar-refractivity contribution in [1.29, 1.82) is 0 Å². The lowest BCUT2D eigenvalue weighted by Crippen LogP contribution is -2.16. The van der Waals surface area contributed by atoms with Crippen molar-refractivity contribution in [3.63, 3.8) is 0 Å². The minimum atomic E-state index is -0.755. The first kappa shape index (κ1) is 5.54. The molecule has 0 bridgehead atoms. The van der Waals surface area contributed by atoms with Gasteiger partial charge in [0.15, 0.2) is 0 Å². The number of rotatable bonds is 1. The molecule has 9 heavy (non-hydrogen) atoms. The van der Waals surface area contributed by atoms with Crippen LogP contribution in [0.2, 0.25) is 0 Å². The first-order chi connectivity index (χ1) is 4.24. The Morgan fingerprint density at radius 2 is 2.11 bits per heavy atom. The third kappa shape index (κ3) is 0.809. The maximum Gasteiger partial charge on any atom is 0.351 e. The van der Waals surface area contributed by atoms with Crippen molar-refractivity contribution < 1.29 is 4.79 Å². The van der Waals surface area contributed by atoms with E-state index < -0.39 is 11.4 Å². The molecule has 0 radical (unpaired) electrons. The molecule has 0 aliphatic heterocycles. The molecule has 1 rings (SSSR count). The Balaban J connectivity index is 3.50. The highest BCUT2D eigenvalue weighted by Crippen LogP contribution is 1.48. The molecule has 1 aromatic heterocycles. The van der Waals surface area contributed by atoms with Gasteiger partial charge in [0.2, 0.25) is 6.41 Å². The summed E-state index contributed by atoms with van der Waals surface area (Å²) in [5, 5.41) is 1.92. The highest BCUT2D eigenvalue weighted by Gasteiger charge is 1.93. The molecule has 6 heteroatoms. The zero-order chi connectivity index (χ0) is 6.85. The number of carbonyl (C=O) groups excluding carboxylic acids is 1. The number of carbonyl (C=O) groups is 1. The molecular formula is C3H3N3O3. The van der Waals surface area contributed by atoms with Gasteiger partial charge in [-0.15, -0.1) is 0 Å². The Morgan fingerprint density at radius 3 is 2.33 bits per heavy atom. The van der Waals surface area contributed by atoms with E-state index in [2.05, 4.69) is 0 Å². The van der Waals surface area contributed by atoms with Crippen molar-refractivity contribution in [3.05, 3.63) is 21.0 Å². The lowest BCUT2D eigenvalue weighted by atomic mass is 11.1. The molecule has 0 aliphatic rings. The summed E-state index contributed by atoms with van der Waals surface area (Å²) < 4.78 is 0.516. The molecule has 1 heterocycles. The van der Waals surface area contributed by atoms with Crippen molar-refractivity contribution in [2.75, 3.05) is 0 Å². The molecule has 2 N–H and O–H groups in total. The van der Waals surface area contributed by atoms with E-state index in [0.29, 0.717) is 4.68 Å². The van der Waals surface area contributed by atoms with Crippen molar-refractivity contribution in [1.82, 2.24) is 14.8 Å². The first-order valence-corrected chi connectivity index (χ1v) is 2.10. The van der Waals surface area contributed by atoms with Crippen LogP contribution in [0.1, 0.15) is 0 Å². The third-order valence-corrected chi connectivity index (χ3v) is 0.767. The van der Waals surface area contributed by atoms with Crippen LogP contribution in [0.25, 0.3) is 0 Å². The summed E-state index contributed by atoms with van der Waals surface area (Å²) >= 11 is 0. The summed E-state index contributed by atoms with van der Waals surface area (Å²) in [6.07, 6.45) is 0.209. The van der Waals surface area contributed by atoms with E-state index in [1.165, 1.54) is 0 Å². The smallest absolute Gasteiger partial charge is 0.276 e. The van der Waals surface area contributed by atoms with Gasteiger partial charge < -0.3 is 0 Å². The average molecular weight is 129 g/mol. The molecule has 0 fully saturated rings. The summed E-state index contributed by atoms with van der Waals surface area (Å²) in [4.78, 5) is 32.1. The van der Waals surface area contributed by atoms with Gasteiger partial charge in [-0.3, -0.25) is 9.78 Å². The molecule has 0 spiro atoms. The molecule has 6 nitrogen and oxygen atoms in total. The van der Waals surface area contributed by atoms with E-state index in [-0.39, 0.29) is 6.41 Å². The number of H-pyrrole nitrogens is 2. The van der Waals surface area contributed by atoms with Gasteiger partial charge in [0.05, 0.1) is 0 Å². The van der Waals surface area contributed by atoms with E-state index in [4.69, 9.17) is 0 Å². The van der Waals surface area contributed by atoms with Crippen LogP contribution in [0.3, 0.4) is 0 Å². The maximum absolute atomic E-state index is 10.3. The quantitative estimate of drug-likeness (QED) is 0.426. The summed E-state index contributed by atoms with van der Waals surface area (Å²) in [5.41, 5.74) is -1.44. The van der Waals surface area contributed by atoms with Crippen molar-refractivity contribution in [2.45, 2.75) is 0 Å². The van der Waals surface area contributed by atoms with Crippen LogP contribution in [0.15, 0.2) is 9.59 Å². The molecular weight excluding hydrogens is 126 g/mol. The Morgan fingerprint density at radius 1 is 1.44 bits per heavy atom. The summed E-state index contributed by atoms with van der Waals surface area (Å²) in [6, 6.07) is 0. The van der Waals surface area contributed by atoms with Gasteiger partial charge in [0.1, 0.15) is 0 Å². The minimum Gasteiger partial charge on any atom is -0.276 e. The zero-order valence-electron chi connectivity index (χ0n) is 4.25. The molecule has 0 aromatic carbocycles. The lowest BCUT2D eigenvalue weighted by Gasteiger charge is -1.75. The van der Waals surface area contributed by atoms with Crippen LogP contribution >= 0.6 is 0 Å². The number of hydrogen-bond acceptors (Lipinski definition) is 3. The lowest BCUT2D eigenvalue weighted by molar-refractivity contribution is 0.538. The summed E-state index contributed by atoms with van der Waals surface area (Å²) in [7, 11) is 0. The zero-order valence-corrected chi connectivity index (χ0v) is 4.25. The number of nitrogens with one attached hydrogen (secondary N) is 2. The number of aromatic amines is 2. The van der Waals surface area contributed by atoms with E-state index in [1.54, 1.807) is 0 Å². The van der Waals surface area contributed by atoms with E-state index in [0.717, 1.165) is 0 Å². The van der Waals surface area contributed by atoms with Gasteiger partial charge >= 0.3 is 11.4 Å². The third-order valence-electron chi connectivity index (χ3n) is 0.767. The molecule has 48 valence electrons. The second-order valence-electron chi connectivity index (χ2n) is 1.35. The van der Waals surface area contributed by atoms with Gasteiger partial charge in [-0.2, -0.15) is 4.68 Å². The molecule has 1 aromatic rings. The molecule has 0 saturated carbocycles. The van der Waals surface area contributed by atoms with Crippen LogP contribution in [0, 0.1) is 0 Å². The molecule has 0 saturated heterocycles. The molecule has 0 amide bonds. The SMILES string of the molecule is O=Cn1[nH]c(=O)[nH]c1=O. The molecule has 0 atom stereocenters. The monoisotopic (exact) mass is 129 g/mol. The van der Waals surface area contributed by atoms with Gasteiger partial charge in [-0.05, 0) is 0 Å². The topological polar surface area (TPSA) is 87.7 Å². The Kier molecular flexibility index (Phi) is 1.07. The second kappa shape index (κ2) is 1.73. The summed E-state index contributed by atoms with van der Waals surface area (Å²) in [6.45, 7) is 0. The normalized spacial score (nSPS) is 9.33. The number of nitrogens with zero attached hydrogens (tertiary/aromatic N) is 1. The van der Waals surface area contributed by atoms with Crippen LogP contribution in [-0.2, 0) is 4.79 Å². The van der Waals surface area contributed by atoms with Crippen LogP contribution in [0.5, 0.6) is 0 Å². The van der Waals surface area contributed by atoms with Gasteiger partial charge in [0.25, 0.3) is 0 Å². The first-order valence-electron chi connectivity index (χ1n) is 2.10. The highest BCUT2D eigenvalue weighted by atomic mass is 16.2. The van der Waals surface area contributed by atoms with Crippen LogP contribution < -0.4 is 11.4 Å². The maximum atomic E-state index is 10.3. The fraction of sp³-hybridized carbons (Fsp3) is 0. The van der Waals surface area contributed by atoms with Crippen molar-refractivity contribution >= 4 is 6.41 Å². The predicted octanol–water partition coefficient (Wildman–Crippen LogP) is -2.10. The number of aromatic nitrogens is 3. The second-order valence-corrected chi connectivity index (χ2v) is 1.35. The van der Waals surface area contributed by atoms with Gasteiger partial charge in [0, 0.05) is 0 Å². The predicted molar refractivity (Wildman–Crippen MR) is 27.8 cm³/mol. The molecule has 0 aliphatic carbocycles. The minimum absolute atomic E-state index is 0.209. The summed E-state index contributed by atoms with van der Waals surface area (Å²) in [5.74, 6) is 0. The average Bonchev–Trinajstić information content (AvgIpc) is 2.10. The Labute approximate surface area is 48.1 Å². The molecule has 0 unspecified atom stereocenters. The number of hydrogen-bond donors (Lipinski definition) is 2. The highest BCUT2D eigenvalue weighted by molar-refractivity contribution is 5.48. The van der Waals surface area contributed by atoms with Crippen molar-refractivity contribution in [2.24, 2.45) is 0 Å². The Bertz CT molecular complexity index is 316.